The van der Waals surface area contributed by atoms with Gasteiger partial charge in [0.1, 0.15) is 0 Å². The Morgan fingerprint density at radius 2 is 0.971 bits per heavy atom. The lowest BCUT2D eigenvalue weighted by Gasteiger charge is -2.62. The van der Waals surface area contributed by atoms with Gasteiger partial charge in [0.2, 0.25) is 0 Å². The molecule has 4 bridgehead atoms. The first-order valence-electron chi connectivity index (χ1n) is 13.7. The van der Waals surface area contributed by atoms with Crippen LogP contribution in [0.25, 0.3) is 11.4 Å². The van der Waals surface area contributed by atoms with Crippen LogP contribution in [-0.2, 0) is 0 Å². The first kappa shape index (κ1) is 23.2. The fourth-order valence-corrected chi connectivity index (χ4v) is 14.5. The molecule has 2 aromatic rings. The van der Waals surface area contributed by atoms with Crippen LogP contribution in [-0.4, -0.2) is 26.1 Å². The Bertz CT molecular complexity index is 1090. The van der Waals surface area contributed by atoms with Gasteiger partial charge in [-0.15, -0.1) is 0 Å². The third-order valence-electron chi connectivity index (χ3n) is 10.9. The van der Waals surface area contributed by atoms with Crippen molar-refractivity contribution in [2.45, 2.75) is 103 Å². The molecule has 182 valence electrons. The maximum absolute atomic E-state index is 5.46. The molecule has 6 atom stereocenters. The zero-order valence-corrected chi connectivity index (χ0v) is 25.1. The summed E-state index contributed by atoms with van der Waals surface area (Å²) in [5.74, 6) is 2.95. The van der Waals surface area contributed by atoms with Gasteiger partial charge in [0.15, 0.2) is 0 Å². The first-order chi connectivity index (χ1) is 15.6. The SMILES string of the molecule is CC1(C)[C@@H]2C[C@H]1c1ccc(-c3ccc4c(n3)C([Si](C)(C)C)[C@H]3C[C@@H]4C3(C)C)nc1C2[Si](C)(C)C. The van der Waals surface area contributed by atoms with E-state index in [2.05, 4.69) is 91.2 Å². The maximum Gasteiger partial charge on any atom is 0.0889 e. The number of rotatable bonds is 3. The Kier molecular flexibility index (Phi) is 4.58. The summed E-state index contributed by atoms with van der Waals surface area (Å²) in [4.78, 5) is 10.9. The molecular weight excluding hydrogens is 445 g/mol. The molecule has 0 saturated heterocycles. The molecule has 6 aliphatic rings. The van der Waals surface area contributed by atoms with Gasteiger partial charge in [-0.1, -0.05) is 79.1 Å². The highest BCUT2D eigenvalue weighted by Crippen LogP contribution is 2.69. The van der Waals surface area contributed by atoms with E-state index in [0.29, 0.717) is 33.7 Å². The van der Waals surface area contributed by atoms with Gasteiger partial charge in [-0.25, -0.2) is 0 Å². The number of nitrogens with zero attached hydrogens (tertiary/aromatic N) is 2. The van der Waals surface area contributed by atoms with Crippen LogP contribution in [0.15, 0.2) is 24.3 Å². The summed E-state index contributed by atoms with van der Waals surface area (Å²) in [6.07, 6.45) is 2.73. The van der Waals surface area contributed by atoms with Gasteiger partial charge in [-0.3, -0.25) is 9.97 Å². The summed E-state index contributed by atoms with van der Waals surface area (Å²) in [5, 5.41) is 0. The molecule has 2 heterocycles. The second-order valence-electron chi connectivity index (χ2n) is 15.5. The molecule has 2 unspecified atom stereocenters. The molecule has 2 saturated carbocycles. The van der Waals surface area contributed by atoms with Gasteiger partial charge >= 0.3 is 0 Å². The quantitative estimate of drug-likeness (QED) is 0.406. The highest BCUT2D eigenvalue weighted by atomic mass is 28.3. The van der Waals surface area contributed by atoms with Crippen LogP contribution in [0.5, 0.6) is 0 Å². The summed E-state index contributed by atoms with van der Waals surface area (Å²) in [5.41, 5.74) is 10.3. The number of pyridine rings is 2. The lowest BCUT2D eigenvalue weighted by atomic mass is 9.48. The molecule has 0 aliphatic heterocycles. The molecule has 0 aromatic carbocycles. The minimum atomic E-state index is -1.40. The van der Waals surface area contributed by atoms with E-state index in [-0.39, 0.29) is 0 Å². The van der Waals surface area contributed by atoms with E-state index in [1.165, 1.54) is 24.2 Å². The average molecular weight is 489 g/mol. The van der Waals surface area contributed by atoms with Crippen molar-refractivity contribution in [1.29, 1.82) is 0 Å². The predicted molar refractivity (Wildman–Crippen MR) is 149 cm³/mol. The summed E-state index contributed by atoms with van der Waals surface area (Å²) >= 11 is 0. The molecule has 2 fully saturated rings. The third-order valence-corrected chi connectivity index (χ3v) is 16.0. The monoisotopic (exact) mass is 488 g/mol. The largest absolute Gasteiger partial charge is 0.251 e. The van der Waals surface area contributed by atoms with E-state index in [1.807, 2.05) is 0 Å². The molecule has 0 amide bonds. The smallest absolute Gasteiger partial charge is 0.0889 e. The minimum absolute atomic E-state index is 0.420. The molecule has 34 heavy (non-hydrogen) atoms. The molecule has 0 spiro atoms. The Hall–Kier alpha value is -1.27. The number of hydrogen-bond acceptors (Lipinski definition) is 2. The summed E-state index contributed by atoms with van der Waals surface area (Å²) in [6.45, 7) is 25.3. The molecule has 2 nitrogen and oxygen atoms in total. The van der Waals surface area contributed by atoms with Gasteiger partial charge < -0.3 is 0 Å². The standard InChI is InChI=1S/C30H44N2Si2/c1-29(2)19-15-21(29)27(33(5,6)7)25-17(19)11-13-23(31-25)24-14-12-18-20-16-22(30(20,3)4)28(26(18)32-24)34(8,9)10/h11-14,19-22,27-28H,15-16H2,1-10H3/t19-,20-,21+,22+,27?,28?/m0/s1. The van der Waals surface area contributed by atoms with E-state index < -0.39 is 16.1 Å². The van der Waals surface area contributed by atoms with Crippen molar-refractivity contribution in [3.8, 4) is 11.4 Å². The molecule has 4 heteroatoms. The molecule has 2 aromatic heterocycles. The topological polar surface area (TPSA) is 25.8 Å². The second kappa shape index (κ2) is 6.73. The van der Waals surface area contributed by atoms with Crippen molar-refractivity contribution >= 4 is 16.1 Å². The Balaban J connectivity index is 1.46. The van der Waals surface area contributed by atoms with Crippen molar-refractivity contribution in [3.63, 3.8) is 0 Å². The van der Waals surface area contributed by atoms with Crippen LogP contribution >= 0.6 is 0 Å². The fourth-order valence-electron chi connectivity index (χ4n) is 8.86. The van der Waals surface area contributed by atoms with Crippen molar-refractivity contribution in [2.24, 2.45) is 22.7 Å². The highest BCUT2D eigenvalue weighted by Gasteiger charge is 2.61. The van der Waals surface area contributed by atoms with E-state index in [4.69, 9.17) is 9.97 Å². The lowest BCUT2D eigenvalue weighted by Crippen LogP contribution is -2.56. The van der Waals surface area contributed by atoms with E-state index in [1.54, 1.807) is 11.1 Å². The summed E-state index contributed by atoms with van der Waals surface area (Å²) in [6, 6.07) is 9.45. The second-order valence-corrected chi connectivity index (χ2v) is 26.2. The molecule has 6 aliphatic carbocycles. The van der Waals surface area contributed by atoms with E-state index >= 15 is 0 Å². The Labute approximate surface area is 209 Å². The zero-order valence-electron chi connectivity index (χ0n) is 23.1. The average Bonchev–Trinajstić information content (AvgIpc) is 2.74. The van der Waals surface area contributed by atoms with Gasteiger partial charge in [0.05, 0.1) is 27.5 Å². The highest BCUT2D eigenvalue weighted by molar-refractivity contribution is 6.78. The zero-order chi connectivity index (χ0) is 24.6. The predicted octanol–water partition coefficient (Wildman–Crippen LogP) is 8.35. The number of hydrogen-bond donors (Lipinski definition) is 0. The normalized spacial score (nSPS) is 34.4. The van der Waals surface area contributed by atoms with Crippen LogP contribution in [0.4, 0.5) is 0 Å². The first-order valence-corrected chi connectivity index (χ1v) is 20.8. The van der Waals surface area contributed by atoms with Crippen LogP contribution in [0, 0.1) is 22.7 Å². The minimum Gasteiger partial charge on any atom is -0.251 e. The maximum atomic E-state index is 5.46. The lowest BCUT2D eigenvalue weighted by molar-refractivity contribution is 0.00959. The van der Waals surface area contributed by atoms with Gasteiger partial charge in [0, 0.05) is 11.4 Å². The molecular formula is C30H44N2Si2. The van der Waals surface area contributed by atoms with Crippen LogP contribution in [0.2, 0.25) is 39.3 Å². The molecule has 8 rings (SSSR count). The summed E-state index contributed by atoms with van der Waals surface area (Å²) in [7, 11) is -2.80. The van der Waals surface area contributed by atoms with Gasteiger partial charge in [-0.2, -0.15) is 0 Å². The van der Waals surface area contributed by atoms with Gasteiger partial charge in [0.25, 0.3) is 0 Å². The van der Waals surface area contributed by atoms with E-state index in [9.17, 15) is 0 Å². The van der Waals surface area contributed by atoms with Crippen molar-refractivity contribution in [2.75, 3.05) is 0 Å². The van der Waals surface area contributed by atoms with Crippen molar-refractivity contribution in [3.05, 3.63) is 46.8 Å². The van der Waals surface area contributed by atoms with Crippen molar-refractivity contribution < 1.29 is 0 Å². The Morgan fingerprint density at radius 3 is 1.26 bits per heavy atom. The third kappa shape index (κ3) is 2.90. The molecule has 0 N–H and O–H groups in total. The van der Waals surface area contributed by atoms with Gasteiger partial charge in [-0.05, 0) is 81.7 Å². The Morgan fingerprint density at radius 1 is 0.618 bits per heavy atom. The van der Waals surface area contributed by atoms with Crippen LogP contribution in [0.1, 0.15) is 86.0 Å². The van der Waals surface area contributed by atoms with Crippen LogP contribution in [0.3, 0.4) is 0 Å². The van der Waals surface area contributed by atoms with Crippen LogP contribution < -0.4 is 0 Å². The van der Waals surface area contributed by atoms with Crippen molar-refractivity contribution in [1.82, 2.24) is 9.97 Å². The summed E-state index contributed by atoms with van der Waals surface area (Å²) < 4.78 is 0. The number of aromatic nitrogens is 2. The van der Waals surface area contributed by atoms with E-state index in [0.717, 1.165) is 23.2 Å². The fraction of sp³-hybridized carbons (Fsp3) is 0.667. The molecule has 0 radical (unpaired) electrons.